The van der Waals surface area contributed by atoms with E-state index in [4.69, 9.17) is 16.3 Å². The summed E-state index contributed by atoms with van der Waals surface area (Å²) in [7, 11) is 0. The molecule has 5 aliphatic rings. The van der Waals surface area contributed by atoms with Gasteiger partial charge in [0.2, 0.25) is 11.8 Å². The van der Waals surface area contributed by atoms with Crippen LogP contribution in [0.3, 0.4) is 0 Å². The molecule has 5 heterocycles. The highest BCUT2D eigenvalue weighted by Crippen LogP contribution is 2.39. The summed E-state index contributed by atoms with van der Waals surface area (Å²) in [6.07, 6.45) is 5.46. The summed E-state index contributed by atoms with van der Waals surface area (Å²) in [4.78, 5) is 59.7. The molecule has 0 saturated carbocycles. The lowest BCUT2D eigenvalue weighted by Gasteiger charge is -2.44. The minimum atomic E-state index is -0.963. The van der Waals surface area contributed by atoms with E-state index < -0.39 is 23.8 Å². The van der Waals surface area contributed by atoms with Crippen molar-refractivity contribution >= 4 is 52.1 Å². The first kappa shape index (κ1) is 40.9. The maximum Gasteiger partial charge on any atom is 0.262 e. The third-order valence-corrected chi connectivity index (χ3v) is 13.4. The zero-order valence-corrected chi connectivity index (χ0v) is 35.1. The maximum absolute atomic E-state index is 13.5. The third-order valence-electron chi connectivity index (χ3n) is 13.2. The van der Waals surface area contributed by atoms with Gasteiger partial charge in [-0.15, -0.1) is 11.6 Å². The second kappa shape index (κ2) is 17.8. The number of rotatable bonds is 13. The topological polar surface area (TPSA) is 123 Å². The number of hydrogen-bond donors (Lipinski definition) is 2. The number of amides is 4. The molecule has 11 nitrogen and oxygen atoms in total. The molecule has 0 spiro atoms. The van der Waals surface area contributed by atoms with Crippen LogP contribution in [0.4, 0.5) is 5.69 Å². The average molecular weight is 842 g/mol. The second-order valence-electron chi connectivity index (χ2n) is 17.1. The lowest BCUT2D eigenvalue weighted by atomic mass is 9.88. The summed E-state index contributed by atoms with van der Waals surface area (Å²) < 4.78 is 6.27. The van der Waals surface area contributed by atoms with Crippen molar-refractivity contribution < 1.29 is 29.0 Å². The van der Waals surface area contributed by atoms with E-state index in [-0.39, 0.29) is 24.5 Å². The first-order valence-corrected chi connectivity index (χ1v) is 22.2. The van der Waals surface area contributed by atoms with Gasteiger partial charge in [-0.3, -0.25) is 39.2 Å². The van der Waals surface area contributed by atoms with Crippen LogP contribution in [0.25, 0.3) is 11.1 Å². The van der Waals surface area contributed by atoms with Gasteiger partial charge >= 0.3 is 0 Å². The number of piperidine rings is 2. The third kappa shape index (κ3) is 8.56. The number of phenols is 1. The SMILES string of the molecule is O=C1CCC(N2C(=O)c3ccc(N4C5CCC4CN(CC4CCN(CCOc6ccc(C(=C(CCCl)c7ccccc7)c7ccc(O)cc7)cc6)CC4)C5)cc3C2=O)C(=O)N1. The van der Waals surface area contributed by atoms with Gasteiger partial charge in [-0.2, -0.15) is 0 Å². The molecule has 2 bridgehead atoms. The number of carbonyl (C=O) groups excluding carboxylic acids is 4. The van der Waals surface area contributed by atoms with Crippen LogP contribution < -0.4 is 15.0 Å². The summed E-state index contributed by atoms with van der Waals surface area (Å²) >= 11 is 6.34. The van der Waals surface area contributed by atoms with E-state index in [2.05, 4.69) is 44.3 Å². The summed E-state index contributed by atoms with van der Waals surface area (Å²) in [6, 6.07) is 31.2. The highest BCUT2D eigenvalue weighted by atomic mass is 35.5. The molecule has 9 rings (SSSR count). The number of halogens is 1. The van der Waals surface area contributed by atoms with Gasteiger partial charge < -0.3 is 14.7 Å². The Balaban J connectivity index is 0.759. The van der Waals surface area contributed by atoms with Crippen LogP contribution in [-0.4, -0.2) is 113 Å². The fourth-order valence-electron chi connectivity index (χ4n) is 10.2. The molecule has 4 aromatic rings. The van der Waals surface area contributed by atoms with Crippen molar-refractivity contribution in [2.75, 3.05) is 56.7 Å². The molecule has 4 fully saturated rings. The minimum absolute atomic E-state index is 0.102. The zero-order valence-electron chi connectivity index (χ0n) is 34.3. The van der Waals surface area contributed by atoms with Crippen molar-refractivity contribution in [2.45, 2.75) is 63.1 Å². The number of aromatic hydroxyl groups is 1. The molecular formula is C49H52ClN5O6. The Morgan fingerprint density at radius 1 is 0.738 bits per heavy atom. The Hall–Kier alpha value is -5.49. The summed E-state index contributed by atoms with van der Waals surface area (Å²) in [5.74, 6) is 0.311. The van der Waals surface area contributed by atoms with Gasteiger partial charge in [-0.1, -0.05) is 54.6 Å². The van der Waals surface area contributed by atoms with E-state index in [0.29, 0.717) is 48.0 Å². The molecule has 0 aromatic heterocycles. The van der Waals surface area contributed by atoms with Gasteiger partial charge in [0.25, 0.3) is 11.8 Å². The van der Waals surface area contributed by atoms with E-state index in [1.807, 2.05) is 54.6 Å². The van der Waals surface area contributed by atoms with E-state index in [1.165, 1.54) is 0 Å². The molecule has 2 N–H and O–H groups in total. The molecule has 0 aliphatic carbocycles. The fourth-order valence-corrected chi connectivity index (χ4v) is 10.4. The Labute approximate surface area is 361 Å². The van der Waals surface area contributed by atoms with Gasteiger partial charge in [-0.05, 0) is 128 Å². The quantitative estimate of drug-likeness (QED) is 0.0849. The number of benzene rings is 4. The van der Waals surface area contributed by atoms with Gasteiger partial charge in [0.15, 0.2) is 0 Å². The number of ether oxygens (including phenoxy) is 1. The van der Waals surface area contributed by atoms with Crippen molar-refractivity contribution in [3.63, 3.8) is 0 Å². The predicted octanol–water partition coefficient (Wildman–Crippen LogP) is 6.83. The number of carbonyl (C=O) groups is 4. The number of nitrogens with zero attached hydrogens (tertiary/aromatic N) is 4. The number of allylic oxidation sites excluding steroid dienone is 1. The molecule has 4 saturated heterocycles. The first-order valence-electron chi connectivity index (χ1n) is 21.7. The highest BCUT2D eigenvalue weighted by Gasteiger charge is 2.46. The Kier molecular flexibility index (Phi) is 12.0. The van der Waals surface area contributed by atoms with Crippen LogP contribution in [0.2, 0.25) is 0 Å². The standard InChI is InChI=1S/C49H52ClN5O6/c50-23-20-41(33-4-2-1-3-5-33)46(34-6-13-39(56)14-7-34)35-8-15-40(16-9-35)61-27-26-52-24-21-32(22-25-52)29-53-30-37-10-11-38(31-53)54(37)36-12-17-42-43(28-36)49(60)55(48(42)59)44-18-19-45(57)51-47(44)58/h1-9,12-17,28,32,37-38,44,56H,10-11,18-27,29-31H2,(H,51,57,58). The lowest BCUT2D eigenvalue weighted by Crippen LogP contribution is -2.55. The molecule has 4 amide bonds. The fraction of sp³-hybridized carbons (Fsp3) is 0.388. The number of imide groups is 2. The predicted molar refractivity (Wildman–Crippen MR) is 236 cm³/mol. The Morgan fingerprint density at radius 3 is 2.08 bits per heavy atom. The second-order valence-corrected chi connectivity index (χ2v) is 17.4. The van der Waals surface area contributed by atoms with Crippen LogP contribution in [0, 0.1) is 5.92 Å². The smallest absolute Gasteiger partial charge is 0.262 e. The van der Waals surface area contributed by atoms with Crippen molar-refractivity contribution in [2.24, 2.45) is 5.92 Å². The Bertz CT molecular complexity index is 2300. The monoisotopic (exact) mass is 841 g/mol. The molecule has 3 atom stereocenters. The Morgan fingerprint density at radius 2 is 1.41 bits per heavy atom. The summed E-state index contributed by atoms with van der Waals surface area (Å²) in [5.41, 5.74) is 7.08. The van der Waals surface area contributed by atoms with Crippen LogP contribution in [0.1, 0.15) is 82.4 Å². The molecule has 0 radical (unpaired) electrons. The van der Waals surface area contributed by atoms with Crippen molar-refractivity contribution in [1.82, 2.24) is 20.0 Å². The van der Waals surface area contributed by atoms with Crippen LogP contribution in [0.15, 0.2) is 97.1 Å². The average Bonchev–Trinajstić information content (AvgIpc) is 3.69. The summed E-state index contributed by atoms with van der Waals surface area (Å²) in [6.45, 7) is 6.65. The first-order chi connectivity index (χ1) is 29.7. The van der Waals surface area contributed by atoms with Crippen molar-refractivity contribution in [3.8, 4) is 11.5 Å². The molecule has 3 unspecified atom stereocenters. The number of nitrogens with one attached hydrogen (secondary N) is 1. The van der Waals surface area contributed by atoms with Crippen LogP contribution >= 0.6 is 11.6 Å². The van der Waals surface area contributed by atoms with E-state index >= 15 is 0 Å². The number of phenolic OH excluding ortho intramolecular Hbond substituents is 1. The number of piperazine rings is 1. The van der Waals surface area contributed by atoms with Gasteiger partial charge in [0.1, 0.15) is 24.1 Å². The number of alkyl halides is 1. The van der Waals surface area contributed by atoms with Crippen molar-refractivity contribution in [1.29, 1.82) is 0 Å². The molecule has 316 valence electrons. The van der Waals surface area contributed by atoms with E-state index in [0.717, 1.165) is 109 Å². The highest BCUT2D eigenvalue weighted by molar-refractivity contribution is 6.23. The van der Waals surface area contributed by atoms with Gasteiger partial charge in [0, 0.05) is 56.3 Å². The molecular weight excluding hydrogens is 790 g/mol. The molecule has 12 heteroatoms. The maximum atomic E-state index is 13.5. The van der Waals surface area contributed by atoms with Crippen LogP contribution in [0.5, 0.6) is 11.5 Å². The number of likely N-dealkylation sites (tertiary alicyclic amines) is 2. The molecule has 61 heavy (non-hydrogen) atoms. The van der Waals surface area contributed by atoms with Gasteiger partial charge in [0.05, 0.1) is 11.1 Å². The minimum Gasteiger partial charge on any atom is -0.508 e. The molecule has 4 aromatic carbocycles. The van der Waals surface area contributed by atoms with E-state index in [9.17, 15) is 24.3 Å². The normalized spacial score (nSPS) is 22.7. The number of anilines is 1. The van der Waals surface area contributed by atoms with Gasteiger partial charge in [-0.25, -0.2) is 0 Å². The largest absolute Gasteiger partial charge is 0.508 e. The number of fused-ring (bicyclic) bond motifs is 3. The molecule has 5 aliphatic heterocycles. The zero-order chi connectivity index (χ0) is 42.0. The number of hydrogen-bond acceptors (Lipinski definition) is 9. The summed E-state index contributed by atoms with van der Waals surface area (Å²) in [5, 5.41) is 12.3. The van der Waals surface area contributed by atoms with Crippen molar-refractivity contribution in [3.05, 3.63) is 125 Å². The lowest BCUT2D eigenvalue weighted by molar-refractivity contribution is -0.136. The van der Waals surface area contributed by atoms with Crippen LogP contribution in [-0.2, 0) is 9.59 Å². The van der Waals surface area contributed by atoms with E-state index in [1.54, 1.807) is 18.2 Å².